The van der Waals surface area contributed by atoms with Gasteiger partial charge in [0.1, 0.15) is 10.7 Å². The number of carbonyl (C=O) groups excluding carboxylic acids is 3. The molecule has 0 saturated carbocycles. The lowest BCUT2D eigenvalue weighted by Gasteiger charge is -2.15. The predicted molar refractivity (Wildman–Crippen MR) is 172 cm³/mol. The molecule has 44 heavy (non-hydrogen) atoms. The van der Waals surface area contributed by atoms with Crippen LogP contribution in [0.4, 0.5) is 10.8 Å². The van der Waals surface area contributed by atoms with E-state index in [1.165, 1.54) is 50.5 Å². The maximum absolute atomic E-state index is 13.5. The molecule has 0 aliphatic rings. The second kappa shape index (κ2) is 15.0. The first-order valence-corrected chi connectivity index (χ1v) is 15.0. The van der Waals surface area contributed by atoms with Crippen LogP contribution in [0.5, 0.6) is 17.2 Å². The van der Waals surface area contributed by atoms with Gasteiger partial charge in [0.15, 0.2) is 11.5 Å². The number of benzene rings is 3. The van der Waals surface area contributed by atoms with Crippen LogP contribution < -0.4 is 30.2 Å². The Kier molecular flexibility index (Phi) is 10.9. The topological polar surface area (TPSA) is 141 Å². The number of carbonyl (C=O) groups is 3. The highest BCUT2D eigenvalue weighted by molar-refractivity contribution is 8.00. The predicted octanol–water partition coefficient (Wildman–Crippen LogP) is 5.40. The molecule has 4 rings (SSSR count). The molecule has 0 bridgehead atoms. The zero-order valence-corrected chi connectivity index (χ0v) is 26.3. The van der Waals surface area contributed by atoms with Gasteiger partial charge in [-0.2, -0.15) is 0 Å². The van der Waals surface area contributed by atoms with Crippen LogP contribution >= 0.6 is 23.1 Å². The van der Waals surface area contributed by atoms with Crippen LogP contribution in [0.1, 0.15) is 27.9 Å². The summed E-state index contributed by atoms with van der Waals surface area (Å²) < 4.78 is 16.3. The van der Waals surface area contributed by atoms with Gasteiger partial charge >= 0.3 is 0 Å². The Hall–Kier alpha value is -4.88. The fourth-order valence-corrected chi connectivity index (χ4v) is 5.38. The molecule has 4 aromatic rings. The molecule has 11 nitrogen and oxygen atoms in total. The van der Waals surface area contributed by atoms with Gasteiger partial charge in [-0.25, -0.2) is 0 Å². The maximum Gasteiger partial charge on any atom is 0.272 e. The first-order valence-electron chi connectivity index (χ1n) is 13.3. The van der Waals surface area contributed by atoms with E-state index < -0.39 is 17.1 Å². The van der Waals surface area contributed by atoms with E-state index in [9.17, 15) is 14.4 Å². The molecule has 3 aromatic carbocycles. The molecule has 3 N–H and O–H groups in total. The summed E-state index contributed by atoms with van der Waals surface area (Å²) in [5, 5.41) is 16.9. The summed E-state index contributed by atoms with van der Waals surface area (Å²) in [4.78, 5) is 39.9. The van der Waals surface area contributed by atoms with Crippen molar-refractivity contribution in [1.82, 2.24) is 15.5 Å². The van der Waals surface area contributed by atoms with E-state index in [4.69, 9.17) is 14.2 Å². The van der Waals surface area contributed by atoms with Crippen molar-refractivity contribution in [2.24, 2.45) is 0 Å². The van der Waals surface area contributed by atoms with Gasteiger partial charge in [-0.05, 0) is 74.0 Å². The van der Waals surface area contributed by atoms with Crippen molar-refractivity contribution >= 4 is 57.7 Å². The first kappa shape index (κ1) is 32.0. The third-order valence-electron chi connectivity index (χ3n) is 6.08. The zero-order valence-electron chi connectivity index (χ0n) is 24.7. The van der Waals surface area contributed by atoms with Gasteiger partial charge in [0.25, 0.3) is 11.8 Å². The molecular formula is C31H31N5O6S2. The minimum Gasteiger partial charge on any atom is -0.493 e. The molecule has 3 amide bonds. The van der Waals surface area contributed by atoms with E-state index in [0.29, 0.717) is 39.2 Å². The average molecular weight is 634 g/mol. The van der Waals surface area contributed by atoms with Crippen LogP contribution in [-0.2, 0) is 9.59 Å². The zero-order chi connectivity index (χ0) is 31.6. The van der Waals surface area contributed by atoms with E-state index in [-0.39, 0.29) is 11.6 Å². The number of methoxy groups -OCH3 is 3. The standard InChI is InChI=1S/C31H31N5O6S2/c1-18(28(37)34-31-36-35-19(2)44-31)43-23-13-11-22(12-14-23)32-30(39)24(33-29(38)21-9-7-6-8-10-21)15-20-16-25(40-3)27(42-5)26(17-20)41-4/h6-18H,1-5H3,(H,32,39)(H,33,38)(H,34,36,37)/b24-15-. The number of anilines is 2. The summed E-state index contributed by atoms with van der Waals surface area (Å²) in [6, 6.07) is 18.9. The van der Waals surface area contributed by atoms with Gasteiger partial charge in [-0.3, -0.25) is 19.7 Å². The smallest absolute Gasteiger partial charge is 0.272 e. The summed E-state index contributed by atoms with van der Waals surface area (Å²) in [5.74, 6) is -0.0280. The molecule has 1 atom stereocenters. The Morgan fingerprint density at radius 3 is 2.11 bits per heavy atom. The number of ether oxygens (including phenoxy) is 3. The first-order chi connectivity index (χ1) is 21.2. The van der Waals surface area contributed by atoms with E-state index in [1.54, 1.807) is 73.7 Å². The van der Waals surface area contributed by atoms with E-state index in [1.807, 2.05) is 6.92 Å². The highest BCUT2D eigenvalue weighted by Gasteiger charge is 2.19. The highest BCUT2D eigenvalue weighted by Crippen LogP contribution is 2.38. The molecule has 228 valence electrons. The molecule has 1 heterocycles. The number of amides is 3. The molecule has 0 aliphatic carbocycles. The van der Waals surface area contributed by atoms with Crippen molar-refractivity contribution in [2.45, 2.75) is 24.0 Å². The summed E-state index contributed by atoms with van der Waals surface area (Å²) in [7, 11) is 4.48. The molecule has 1 unspecified atom stereocenters. The van der Waals surface area contributed by atoms with Gasteiger partial charge in [0, 0.05) is 16.1 Å². The lowest BCUT2D eigenvalue weighted by atomic mass is 10.1. The van der Waals surface area contributed by atoms with Gasteiger partial charge in [0.05, 0.1) is 26.6 Å². The van der Waals surface area contributed by atoms with Crippen LogP contribution in [0.25, 0.3) is 6.08 Å². The van der Waals surface area contributed by atoms with Crippen LogP contribution in [0.2, 0.25) is 0 Å². The lowest BCUT2D eigenvalue weighted by molar-refractivity contribution is -0.115. The fourth-order valence-electron chi connectivity index (χ4n) is 3.92. The Morgan fingerprint density at radius 2 is 1.55 bits per heavy atom. The summed E-state index contributed by atoms with van der Waals surface area (Å²) >= 11 is 2.66. The van der Waals surface area contributed by atoms with Crippen molar-refractivity contribution in [3.63, 3.8) is 0 Å². The largest absolute Gasteiger partial charge is 0.493 e. The molecule has 1 aromatic heterocycles. The number of thioether (sulfide) groups is 1. The molecule has 0 radical (unpaired) electrons. The van der Waals surface area contributed by atoms with Crippen LogP contribution in [0.3, 0.4) is 0 Å². The lowest BCUT2D eigenvalue weighted by Crippen LogP contribution is -2.30. The van der Waals surface area contributed by atoms with Gasteiger partial charge in [-0.15, -0.1) is 22.0 Å². The number of nitrogens with zero attached hydrogens (tertiary/aromatic N) is 2. The molecular weight excluding hydrogens is 603 g/mol. The fraction of sp³-hybridized carbons (Fsp3) is 0.194. The number of nitrogens with one attached hydrogen (secondary N) is 3. The van der Waals surface area contributed by atoms with Gasteiger partial charge in [-0.1, -0.05) is 29.5 Å². The quantitative estimate of drug-likeness (QED) is 0.138. The monoisotopic (exact) mass is 633 g/mol. The van der Waals surface area contributed by atoms with Crippen LogP contribution in [-0.4, -0.2) is 54.5 Å². The van der Waals surface area contributed by atoms with Crippen LogP contribution in [0.15, 0.2) is 77.3 Å². The number of hydrogen-bond donors (Lipinski definition) is 3. The number of aromatic nitrogens is 2. The third kappa shape index (κ3) is 8.36. The van der Waals surface area contributed by atoms with Crippen molar-refractivity contribution in [2.75, 3.05) is 32.0 Å². The molecule has 0 fully saturated rings. The summed E-state index contributed by atoms with van der Waals surface area (Å²) in [5.41, 5.74) is 1.40. The maximum atomic E-state index is 13.5. The minimum atomic E-state index is -0.552. The third-order valence-corrected chi connectivity index (χ3v) is 7.94. The Bertz CT molecular complexity index is 1630. The molecule has 0 aliphatic heterocycles. The van der Waals surface area contributed by atoms with E-state index in [2.05, 4.69) is 26.1 Å². The second-order valence-corrected chi connectivity index (χ2v) is 11.8. The van der Waals surface area contributed by atoms with Gasteiger partial charge in [0.2, 0.25) is 16.8 Å². The SMILES string of the molecule is COc1cc(/C=C(\NC(=O)c2ccccc2)C(=O)Nc2ccc(SC(C)C(=O)Nc3nnc(C)s3)cc2)cc(OC)c1OC. The number of aryl methyl sites for hydroxylation is 1. The highest BCUT2D eigenvalue weighted by atomic mass is 32.2. The van der Waals surface area contributed by atoms with Gasteiger partial charge < -0.3 is 24.8 Å². The normalized spacial score (nSPS) is 11.7. The molecule has 0 saturated heterocycles. The van der Waals surface area contributed by atoms with Crippen LogP contribution in [0, 0.1) is 6.92 Å². The number of hydrogen-bond acceptors (Lipinski definition) is 10. The summed E-state index contributed by atoms with van der Waals surface area (Å²) in [6.45, 7) is 3.61. The Labute approximate surface area is 263 Å². The van der Waals surface area contributed by atoms with E-state index >= 15 is 0 Å². The average Bonchev–Trinajstić information content (AvgIpc) is 3.45. The molecule has 13 heteroatoms. The van der Waals surface area contributed by atoms with Crippen molar-refractivity contribution in [1.29, 1.82) is 0 Å². The Balaban J connectivity index is 1.52. The van der Waals surface area contributed by atoms with Crippen molar-refractivity contribution in [3.8, 4) is 17.2 Å². The Morgan fingerprint density at radius 1 is 0.886 bits per heavy atom. The van der Waals surface area contributed by atoms with E-state index in [0.717, 1.165) is 9.90 Å². The van der Waals surface area contributed by atoms with Crippen molar-refractivity contribution in [3.05, 3.63) is 88.6 Å². The molecule has 0 spiro atoms. The minimum absolute atomic E-state index is 0.0104. The summed E-state index contributed by atoms with van der Waals surface area (Å²) in [6.07, 6.45) is 1.52. The van der Waals surface area contributed by atoms with Crippen molar-refractivity contribution < 1.29 is 28.6 Å². The second-order valence-electron chi connectivity index (χ2n) is 9.19. The number of rotatable bonds is 12.